The molecule has 0 unspecified atom stereocenters. The van der Waals surface area contributed by atoms with Gasteiger partial charge in [0.2, 0.25) is 0 Å². The summed E-state index contributed by atoms with van der Waals surface area (Å²) < 4.78 is 25.8. The molecule has 1 radical (unpaired) electrons. The van der Waals surface area contributed by atoms with Crippen LogP contribution in [0, 0.1) is 74.9 Å². The minimum atomic E-state index is -0.649. The Bertz CT molecular complexity index is 5780. The maximum absolute atomic E-state index is 13.2. The van der Waals surface area contributed by atoms with E-state index in [1.807, 2.05) is 172 Å². The van der Waals surface area contributed by atoms with Crippen LogP contribution in [0.4, 0.5) is 42.9 Å². The van der Waals surface area contributed by atoms with Gasteiger partial charge in [0.05, 0.1) is 0 Å². The molecule has 0 aliphatic carbocycles. The van der Waals surface area contributed by atoms with Crippen LogP contribution in [0.5, 0.6) is 0 Å². The molecular formula is C104H81BF2IrN9Pt3-. The van der Waals surface area contributed by atoms with Crippen molar-refractivity contribution >= 4 is 81.3 Å². The second-order valence-corrected chi connectivity index (χ2v) is 26.9. The summed E-state index contributed by atoms with van der Waals surface area (Å²) in [4.78, 5) is 36.0. The molecular weight excluding hydrogens is 2200 g/mol. The molecule has 0 saturated heterocycles. The summed E-state index contributed by atoms with van der Waals surface area (Å²) in [6, 6.07) is 137. The third-order valence-corrected chi connectivity index (χ3v) is 18.9. The predicted octanol–water partition coefficient (Wildman–Crippen LogP) is 21.9. The first-order chi connectivity index (χ1) is 56.9. The van der Waals surface area contributed by atoms with Crippen LogP contribution in [0.15, 0.2) is 372 Å². The van der Waals surface area contributed by atoms with Gasteiger partial charge in [-0.2, -0.15) is 0 Å². The Morgan fingerprint density at radius 3 is 1.23 bits per heavy atom. The number of nitrogens with zero attached hydrogens (tertiary/aromatic N) is 9. The first-order valence-electron chi connectivity index (χ1n) is 38.0. The van der Waals surface area contributed by atoms with Gasteiger partial charge in [-0.1, -0.05) is 228 Å². The molecule has 16 heteroatoms. The van der Waals surface area contributed by atoms with Gasteiger partial charge < -0.3 is 44.7 Å². The van der Waals surface area contributed by atoms with Crippen molar-refractivity contribution in [3.63, 3.8) is 0 Å². The molecule has 16 aromatic rings. The fourth-order valence-electron chi connectivity index (χ4n) is 13.8. The molecule has 599 valence electrons. The molecule has 3 aromatic heterocycles. The van der Waals surface area contributed by atoms with Gasteiger partial charge in [0, 0.05) is 88.7 Å². The van der Waals surface area contributed by atoms with Crippen molar-refractivity contribution < 1.29 is 92.1 Å². The maximum Gasteiger partial charge on any atom is 2.00 e. The zero-order chi connectivity index (χ0) is 80.4. The van der Waals surface area contributed by atoms with Gasteiger partial charge in [0.15, 0.2) is 0 Å². The van der Waals surface area contributed by atoms with E-state index in [1.54, 1.807) is 50.9 Å². The summed E-state index contributed by atoms with van der Waals surface area (Å²) in [5.74, 6) is -1.29. The maximum atomic E-state index is 13.2. The SMILES string of the molecule is CN=C(c1[c-]c(N(c2[c-]c(C(=NC)c3ccccc3)ccc2)c2ccc(-c3ccccc3)cc2)ccc1)c1ccccc1.CN=Cc1[c-]c(N(c2[c-]c(C=NC)ccc2)c2ccccc2)ccc1.Cc1cc(C)c(B(c2cccc(-c3[c-]cccc3)n2)c2cccc(-c3[c-]cccc3)n2)c(C)c1.Fc1c[c-]c(-c2ccccn2)c(F)c1.[Ir].[Pt+2].[Pt+2].[Pt+2]. The van der Waals surface area contributed by atoms with Crippen molar-refractivity contribution in [3.8, 4) is 44.9 Å². The smallest absolute Gasteiger partial charge is 0.346 e. The summed E-state index contributed by atoms with van der Waals surface area (Å²) in [6.45, 7) is 6.43. The minimum Gasteiger partial charge on any atom is -0.346 e. The molecule has 0 atom stereocenters. The molecule has 13 aromatic carbocycles. The summed E-state index contributed by atoms with van der Waals surface area (Å²) in [5.41, 5.74) is 27.1. The number of aryl methyl sites for hydroxylation is 3. The number of aliphatic imine (C=N–C) groups is 4. The molecule has 120 heavy (non-hydrogen) atoms. The Morgan fingerprint density at radius 1 is 0.392 bits per heavy atom. The number of hydrogen-bond acceptors (Lipinski definition) is 9. The monoisotopic (exact) mass is 2280 g/mol. The molecule has 0 spiro atoms. The largest absolute Gasteiger partial charge is 2.00 e. The number of benzene rings is 13. The molecule has 0 N–H and O–H groups in total. The minimum absolute atomic E-state index is 0. The quantitative estimate of drug-likeness (QED) is 0.0457. The summed E-state index contributed by atoms with van der Waals surface area (Å²) >= 11 is 0. The van der Waals surface area contributed by atoms with E-state index in [0.717, 1.165) is 130 Å². The fourth-order valence-corrected chi connectivity index (χ4v) is 13.8. The first-order valence-corrected chi connectivity index (χ1v) is 38.0. The van der Waals surface area contributed by atoms with E-state index in [0.29, 0.717) is 5.69 Å². The number of rotatable bonds is 19. The molecule has 0 bridgehead atoms. The van der Waals surface area contributed by atoms with Gasteiger partial charge in [0.25, 0.3) is 6.71 Å². The van der Waals surface area contributed by atoms with Crippen LogP contribution >= 0.6 is 0 Å². The third kappa shape index (κ3) is 24.0. The van der Waals surface area contributed by atoms with Crippen LogP contribution in [0.2, 0.25) is 0 Å². The summed E-state index contributed by atoms with van der Waals surface area (Å²) in [5, 5.41) is 0. The van der Waals surface area contributed by atoms with Gasteiger partial charge in [-0.05, 0) is 125 Å². The van der Waals surface area contributed by atoms with Gasteiger partial charge in [-0.15, -0.1) is 203 Å². The standard InChI is InChI=1S/C40H31N3.C31H25BN2.C22H19N3.C11H6F2N.Ir.3Pt/c1-41-39(32-16-8-4-9-17-32)34-20-12-22-37(28-34)43(36-26-24-31(25-27-36)30-14-6-3-7-15-30)38-23-13-21-35(29-38)40(42-2)33-18-10-5-11-19-33;1-22-20-23(2)31(24(3)21-22)32(29-18-10-16-27(33-29)25-12-6-4-7-13-25)30-19-11-17-28(34-30)26-14-8-5-9-15-26;1-23-16-18-8-6-12-21(14-18)25(20-10-4-3-5-11-20)22-13-7-9-19(15-22)17-24-2;12-8-4-5-9(10(13)7-8)11-3-1-2-6-14-11;;;;/h3-27H,1-2H3;4-12,14,16-21H,1-3H3;3-13,16-17H,1-2H3;1-4,6-7H;;;;/q3*-2;-1;;3*+2. The Morgan fingerprint density at radius 2 is 0.800 bits per heavy atom. The molecule has 16 rings (SSSR count). The molecule has 0 amide bonds. The van der Waals surface area contributed by atoms with Gasteiger partial charge in [-0.25, -0.2) is 0 Å². The van der Waals surface area contributed by atoms with Crippen LogP contribution in [-0.4, -0.2) is 73.7 Å². The van der Waals surface area contributed by atoms with E-state index in [1.165, 1.54) is 27.7 Å². The summed E-state index contributed by atoms with van der Waals surface area (Å²) in [7, 11) is 7.18. The van der Waals surface area contributed by atoms with E-state index in [-0.39, 0.29) is 95.6 Å². The topological polar surface area (TPSA) is 94.6 Å². The Balaban J connectivity index is 0.000000191. The number of para-hydroxylation sites is 1. The molecule has 0 aliphatic heterocycles. The molecule has 3 heterocycles. The third-order valence-electron chi connectivity index (χ3n) is 18.9. The number of anilines is 6. The van der Waals surface area contributed by atoms with Crippen molar-refractivity contribution in [2.24, 2.45) is 20.0 Å². The van der Waals surface area contributed by atoms with Crippen molar-refractivity contribution in [2.75, 3.05) is 38.0 Å². The Kier molecular flexibility index (Phi) is 35.7. The van der Waals surface area contributed by atoms with Crippen molar-refractivity contribution in [3.05, 3.63) is 456 Å². The predicted molar refractivity (Wildman–Crippen MR) is 477 cm³/mol. The second-order valence-electron chi connectivity index (χ2n) is 26.9. The molecule has 9 nitrogen and oxygen atoms in total. The summed E-state index contributed by atoms with van der Waals surface area (Å²) in [6.07, 6.45) is 5.15. The van der Waals surface area contributed by atoms with Crippen molar-refractivity contribution in [1.29, 1.82) is 0 Å². The zero-order valence-electron chi connectivity index (χ0n) is 66.8. The van der Waals surface area contributed by atoms with Crippen LogP contribution in [-0.2, 0) is 83.3 Å². The van der Waals surface area contributed by atoms with E-state index in [9.17, 15) is 8.78 Å². The van der Waals surface area contributed by atoms with E-state index >= 15 is 0 Å². The number of pyridine rings is 3. The van der Waals surface area contributed by atoms with E-state index < -0.39 is 11.6 Å². The zero-order valence-corrected chi connectivity index (χ0v) is 76.0. The normalized spacial score (nSPS) is 10.8. The molecule has 0 aliphatic rings. The fraction of sp³-hybridized carbons (Fsp3) is 0.0673. The average molecular weight is 2280 g/mol. The van der Waals surface area contributed by atoms with Crippen LogP contribution < -0.4 is 26.4 Å². The van der Waals surface area contributed by atoms with Crippen LogP contribution in [0.1, 0.15) is 50.1 Å². The number of halogens is 2. The molecule has 0 fully saturated rings. The second kappa shape index (κ2) is 46.5. The molecule has 0 saturated carbocycles. The Labute approximate surface area is 761 Å². The Hall–Kier alpha value is -11.8. The van der Waals surface area contributed by atoms with Gasteiger partial charge in [-0.3, -0.25) is 8.78 Å². The van der Waals surface area contributed by atoms with Crippen LogP contribution in [0.3, 0.4) is 0 Å². The van der Waals surface area contributed by atoms with Crippen molar-refractivity contribution in [2.45, 2.75) is 20.8 Å². The van der Waals surface area contributed by atoms with Crippen LogP contribution in [0.25, 0.3) is 44.9 Å². The first kappa shape index (κ1) is 92.1. The van der Waals surface area contributed by atoms with Gasteiger partial charge in [0.1, 0.15) is 0 Å². The average Bonchev–Trinajstić information content (AvgIpc) is 0.773. The van der Waals surface area contributed by atoms with E-state index in [2.05, 4.69) is 256 Å². The number of aromatic nitrogens is 3. The van der Waals surface area contributed by atoms with E-state index in [4.69, 9.17) is 9.97 Å². The number of hydrogen-bond donors (Lipinski definition) is 0. The van der Waals surface area contributed by atoms with Gasteiger partial charge >= 0.3 is 63.2 Å². The van der Waals surface area contributed by atoms with Crippen molar-refractivity contribution in [1.82, 2.24) is 15.0 Å².